The summed E-state index contributed by atoms with van der Waals surface area (Å²) in [6, 6.07) is 0. The van der Waals surface area contributed by atoms with Gasteiger partial charge in [-0.05, 0) is 50.4 Å². The summed E-state index contributed by atoms with van der Waals surface area (Å²) >= 11 is 0. The van der Waals surface area contributed by atoms with Crippen molar-refractivity contribution in [2.45, 2.75) is 90.9 Å². The maximum Gasteiger partial charge on any atom is 0.310 e. The van der Waals surface area contributed by atoms with Crippen LogP contribution in [-0.4, -0.2) is 25.2 Å². The molecule has 2 rings (SSSR count). The molecular weight excluding hydrogens is 328 g/mol. The molecule has 2 atom stereocenters. The molecular formula is C22H38O4. The average Bonchev–Trinajstić information content (AvgIpc) is 3.33. The molecule has 0 saturated heterocycles. The molecule has 0 aromatic carbocycles. The summed E-state index contributed by atoms with van der Waals surface area (Å²) in [5.41, 5.74) is 0. The largest absolute Gasteiger partial charge is 0.465 e. The molecule has 0 N–H and O–H groups in total. The Balaban J connectivity index is 2.15. The van der Waals surface area contributed by atoms with Crippen molar-refractivity contribution < 1.29 is 19.1 Å². The summed E-state index contributed by atoms with van der Waals surface area (Å²) < 4.78 is 11.3. The Morgan fingerprint density at radius 1 is 0.731 bits per heavy atom. The van der Waals surface area contributed by atoms with Gasteiger partial charge < -0.3 is 9.47 Å². The van der Waals surface area contributed by atoms with Crippen LogP contribution in [-0.2, 0) is 19.1 Å². The van der Waals surface area contributed by atoms with E-state index in [9.17, 15) is 9.59 Å². The number of esters is 2. The van der Waals surface area contributed by atoms with Gasteiger partial charge in [-0.3, -0.25) is 9.59 Å². The van der Waals surface area contributed by atoms with E-state index in [2.05, 4.69) is 13.8 Å². The predicted octanol–water partition coefficient (Wildman–Crippen LogP) is 5.29. The quantitative estimate of drug-likeness (QED) is 0.368. The minimum absolute atomic E-state index is 0.144. The predicted molar refractivity (Wildman–Crippen MR) is 103 cm³/mol. The van der Waals surface area contributed by atoms with Crippen molar-refractivity contribution >= 4 is 11.9 Å². The van der Waals surface area contributed by atoms with Gasteiger partial charge in [-0.1, -0.05) is 52.4 Å². The maximum absolute atomic E-state index is 13.0. The van der Waals surface area contributed by atoms with E-state index in [4.69, 9.17) is 9.47 Å². The van der Waals surface area contributed by atoms with Gasteiger partial charge >= 0.3 is 11.9 Å². The van der Waals surface area contributed by atoms with Crippen molar-refractivity contribution in [3.63, 3.8) is 0 Å². The summed E-state index contributed by atoms with van der Waals surface area (Å²) in [5.74, 6) is -0.315. The van der Waals surface area contributed by atoms with Crippen molar-refractivity contribution in [2.75, 3.05) is 13.2 Å². The minimum Gasteiger partial charge on any atom is -0.465 e. The molecule has 150 valence electrons. The van der Waals surface area contributed by atoms with Gasteiger partial charge in [-0.15, -0.1) is 0 Å². The number of carbonyl (C=O) groups is 2. The third-order valence-electron chi connectivity index (χ3n) is 6.23. The van der Waals surface area contributed by atoms with Gasteiger partial charge in [0.2, 0.25) is 0 Å². The third-order valence-corrected chi connectivity index (χ3v) is 6.23. The standard InChI is InChI=1S/C22H38O4/c1-3-5-15-25-21(23)19(17-11-7-8-12-17)20(18-13-9-10-14-18)22(24)26-16-6-4-2/h17-20H,3-16H2,1-2H3. The topological polar surface area (TPSA) is 52.6 Å². The highest BCUT2D eigenvalue weighted by Crippen LogP contribution is 2.43. The molecule has 4 heteroatoms. The van der Waals surface area contributed by atoms with Crippen molar-refractivity contribution in [1.82, 2.24) is 0 Å². The van der Waals surface area contributed by atoms with Crippen LogP contribution in [0.15, 0.2) is 0 Å². The number of unbranched alkanes of at least 4 members (excludes halogenated alkanes) is 2. The van der Waals surface area contributed by atoms with Gasteiger partial charge in [-0.2, -0.15) is 0 Å². The van der Waals surface area contributed by atoms with E-state index < -0.39 is 0 Å². The zero-order valence-electron chi connectivity index (χ0n) is 16.8. The molecule has 0 bridgehead atoms. The highest BCUT2D eigenvalue weighted by Gasteiger charge is 2.46. The number of hydrogen-bond acceptors (Lipinski definition) is 4. The molecule has 2 unspecified atom stereocenters. The summed E-state index contributed by atoms with van der Waals surface area (Å²) in [4.78, 5) is 26.0. The van der Waals surface area contributed by atoms with Crippen LogP contribution in [0.3, 0.4) is 0 Å². The second-order valence-electron chi connectivity index (χ2n) is 8.18. The van der Waals surface area contributed by atoms with E-state index in [1.165, 1.54) is 0 Å². The molecule has 2 aliphatic carbocycles. The molecule has 2 fully saturated rings. The van der Waals surface area contributed by atoms with Crippen molar-refractivity contribution in [3.05, 3.63) is 0 Å². The zero-order valence-corrected chi connectivity index (χ0v) is 16.8. The molecule has 0 aromatic rings. The van der Waals surface area contributed by atoms with Crippen LogP contribution in [0.4, 0.5) is 0 Å². The fourth-order valence-corrected chi connectivity index (χ4v) is 4.72. The summed E-state index contributed by atoms with van der Waals surface area (Å²) in [6.45, 7) is 5.13. The van der Waals surface area contributed by atoms with Crippen LogP contribution in [0.2, 0.25) is 0 Å². The van der Waals surface area contributed by atoms with E-state index in [1.807, 2.05) is 0 Å². The first-order valence-corrected chi connectivity index (χ1v) is 11.0. The molecule has 0 radical (unpaired) electrons. The number of carbonyl (C=O) groups excluding carboxylic acids is 2. The second-order valence-corrected chi connectivity index (χ2v) is 8.18. The Morgan fingerprint density at radius 3 is 1.38 bits per heavy atom. The van der Waals surface area contributed by atoms with Crippen LogP contribution in [0.25, 0.3) is 0 Å². The Morgan fingerprint density at radius 2 is 1.08 bits per heavy atom. The smallest absolute Gasteiger partial charge is 0.310 e. The summed E-state index contributed by atoms with van der Waals surface area (Å²) in [5, 5.41) is 0. The van der Waals surface area contributed by atoms with Crippen LogP contribution in [0.1, 0.15) is 90.9 Å². The van der Waals surface area contributed by atoms with Crippen molar-refractivity contribution in [2.24, 2.45) is 23.7 Å². The maximum atomic E-state index is 13.0. The van der Waals surface area contributed by atoms with Gasteiger partial charge in [0.05, 0.1) is 25.0 Å². The molecule has 0 heterocycles. The van der Waals surface area contributed by atoms with Gasteiger partial charge in [0, 0.05) is 0 Å². The summed E-state index contributed by atoms with van der Waals surface area (Å²) in [7, 11) is 0. The Labute approximate surface area is 159 Å². The van der Waals surface area contributed by atoms with E-state index in [1.54, 1.807) is 0 Å². The van der Waals surface area contributed by atoms with Crippen LogP contribution >= 0.6 is 0 Å². The first-order valence-electron chi connectivity index (χ1n) is 11.0. The number of ether oxygens (including phenoxy) is 2. The lowest BCUT2D eigenvalue weighted by Gasteiger charge is -2.32. The lowest BCUT2D eigenvalue weighted by atomic mass is 9.73. The van der Waals surface area contributed by atoms with Gasteiger partial charge in [0.1, 0.15) is 0 Å². The SMILES string of the molecule is CCCCOC(=O)C(C1CCCC1)C(C(=O)OCCCC)C1CCCC1. The van der Waals surface area contributed by atoms with E-state index >= 15 is 0 Å². The van der Waals surface area contributed by atoms with Crippen molar-refractivity contribution in [3.8, 4) is 0 Å². The van der Waals surface area contributed by atoms with Gasteiger partial charge in [0.25, 0.3) is 0 Å². The fraction of sp³-hybridized carbons (Fsp3) is 0.909. The van der Waals surface area contributed by atoms with Crippen LogP contribution in [0.5, 0.6) is 0 Å². The van der Waals surface area contributed by atoms with Gasteiger partial charge in [-0.25, -0.2) is 0 Å². The molecule has 2 aliphatic rings. The molecule has 26 heavy (non-hydrogen) atoms. The molecule has 0 aromatic heterocycles. The third kappa shape index (κ3) is 5.99. The van der Waals surface area contributed by atoms with Crippen molar-refractivity contribution in [1.29, 1.82) is 0 Å². The Kier molecular flexibility index (Phi) is 9.49. The molecule has 0 amide bonds. The Hall–Kier alpha value is -1.06. The first kappa shape index (κ1) is 21.2. The highest BCUT2D eigenvalue weighted by molar-refractivity contribution is 5.82. The summed E-state index contributed by atoms with van der Waals surface area (Å²) in [6.07, 6.45) is 12.6. The van der Waals surface area contributed by atoms with Crippen LogP contribution < -0.4 is 0 Å². The fourth-order valence-electron chi connectivity index (χ4n) is 4.72. The first-order chi connectivity index (χ1) is 12.7. The molecule has 4 nitrogen and oxygen atoms in total. The van der Waals surface area contributed by atoms with Gasteiger partial charge in [0.15, 0.2) is 0 Å². The number of hydrogen-bond donors (Lipinski definition) is 0. The normalized spacial score (nSPS) is 20.8. The van der Waals surface area contributed by atoms with E-state index in [0.29, 0.717) is 13.2 Å². The van der Waals surface area contributed by atoms with E-state index in [-0.39, 0.29) is 35.6 Å². The second kappa shape index (κ2) is 11.6. The molecule has 0 spiro atoms. The van der Waals surface area contributed by atoms with E-state index in [0.717, 1.165) is 77.0 Å². The number of rotatable bonds is 11. The highest BCUT2D eigenvalue weighted by atomic mass is 16.5. The lowest BCUT2D eigenvalue weighted by molar-refractivity contribution is -0.166. The monoisotopic (exact) mass is 366 g/mol. The molecule has 0 aliphatic heterocycles. The minimum atomic E-state index is -0.299. The van der Waals surface area contributed by atoms with Crippen LogP contribution in [0, 0.1) is 23.7 Å². The molecule has 2 saturated carbocycles. The zero-order chi connectivity index (χ0) is 18.8. The average molecular weight is 367 g/mol. The Bertz CT molecular complexity index is 382. The lowest BCUT2D eigenvalue weighted by Crippen LogP contribution is -2.40.